The van der Waals surface area contributed by atoms with E-state index < -0.39 is 0 Å². The molecule has 0 aromatic heterocycles. The van der Waals surface area contributed by atoms with E-state index in [0.717, 1.165) is 12.0 Å². The first-order valence-electron chi connectivity index (χ1n) is 7.17. The van der Waals surface area contributed by atoms with Crippen molar-refractivity contribution in [1.82, 2.24) is 5.32 Å². The van der Waals surface area contributed by atoms with E-state index in [1.165, 1.54) is 0 Å². The minimum absolute atomic E-state index is 0.0593. The van der Waals surface area contributed by atoms with Crippen LogP contribution in [-0.2, 0) is 4.79 Å². The van der Waals surface area contributed by atoms with Gasteiger partial charge >= 0.3 is 0 Å². The summed E-state index contributed by atoms with van der Waals surface area (Å²) in [6.45, 7) is 5.84. The van der Waals surface area contributed by atoms with E-state index in [4.69, 9.17) is 10.8 Å². The second-order valence-electron chi connectivity index (χ2n) is 5.60. The average Bonchev–Trinajstić information content (AvgIpc) is 2.46. The van der Waals surface area contributed by atoms with Crippen molar-refractivity contribution in [3.05, 3.63) is 35.9 Å². The van der Waals surface area contributed by atoms with Crippen molar-refractivity contribution in [2.24, 2.45) is 11.7 Å². The molecule has 4 nitrogen and oxygen atoms in total. The van der Waals surface area contributed by atoms with Gasteiger partial charge in [0.15, 0.2) is 0 Å². The summed E-state index contributed by atoms with van der Waals surface area (Å²) >= 11 is 0. The molecule has 0 aliphatic rings. The third-order valence-electron chi connectivity index (χ3n) is 4.01. The first kappa shape index (κ1) is 16.7. The molecule has 1 rings (SSSR count). The molecular weight excluding hydrogens is 252 g/mol. The molecule has 0 fully saturated rings. The van der Waals surface area contributed by atoms with Gasteiger partial charge in [0, 0.05) is 18.2 Å². The Balaban J connectivity index is 2.72. The maximum absolute atomic E-state index is 12.3. The fourth-order valence-corrected chi connectivity index (χ4v) is 2.11. The second kappa shape index (κ2) is 7.41. The Kier molecular flexibility index (Phi) is 6.17. The van der Waals surface area contributed by atoms with Crippen molar-refractivity contribution < 1.29 is 9.90 Å². The van der Waals surface area contributed by atoms with E-state index in [-0.39, 0.29) is 30.0 Å². The van der Waals surface area contributed by atoms with Gasteiger partial charge < -0.3 is 16.2 Å². The molecule has 0 heterocycles. The molecule has 4 heteroatoms. The van der Waals surface area contributed by atoms with E-state index in [2.05, 4.69) is 5.32 Å². The molecule has 3 unspecified atom stereocenters. The number of aliphatic hydroxyl groups is 1. The predicted molar refractivity (Wildman–Crippen MR) is 81.1 cm³/mol. The Hall–Kier alpha value is -1.39. The average molecular weight is 278 g/mol. The van der Waals surface area contributed by atoms with Gasteiger partial charge in [-0.2, -0.15) is 0 Å². The molecule has 0 aliphatic heterocycles. The van der Waals surface area contributed by atoms with Crippen molar-refractivity contribution in [1.29, 1.82) is 0 Å². The highest BCUT2D eigenvalue weighted by Crippen LogP contribution is 2.21. The lowest BCUT2D eigenvalue weighted by atomic mass is 9.90. The van der Waals surface area contributed by atoms with Gasteiger partial charge in [-0.05, 0) is 25.3 Å². The number of nitrogens with two attached hydrogens (primary N) is 1. The normalized spacial score (nSPS) is 17.1. The highest BCUT2D eigenvalue weighted by Gasteiger charge is 2.29. The van der Waals surface area contributed by atoms with Crippen LogP contribution in [0.15, 0.2) is 30.3 Å². The quantitative estimate of drug-likeness (QED) is 0.714. The van der Waals surface area contributed by atoms with Gasteiger partial charge in [0.05, 0.1) is 5.92 Å². The second-order valence-corrected chi connectivity index (χ2v) is 5.60. The molecule has 20 heavy (non-hydrogen) atoms. The van der Waals surface area contributed by atoms with Crippen molar-refractivity contribution in [2.75, 3.05) is 6.61 Å². The topological polar surface area (TPSA) is 75.3 Å². The summed E-state index contributed by atoms with van der Waals surface area (Å²) in [4.78, 5) is 12.3. The van der Waals surface area contributed by atoms with Crippen LogP contribution in [0.3, 0.4) is 0 Å². The number of hydrogen-bond acceptors (Lipinski definition) is 3. The Morgan fingerprint density at radius 2 is 2.00 bits per heavy atom. The summed E-state index contributed by atoms with van der Waals surface area (Å²) in [5, 5.41) is 12.1. The van der Waals surface area contributed by atoms with Gasteiger partial charge in [0.25, 0.3) is 0 Å². The van der Waals surface area contributed by atoms with E-state index in [0.29, 0.717) is 6.42 Å². The SMILES string of the molecule is CCC(C)(CCO)NC(=O)C(C)C(N)c1ccccc1. The number of aliphatic hydroxyl groups excluding tert-OH is 1. The minimum atomic E-state index is -0.378. The van der Waals surface area contributed by atoms with Crippen LogP contribution < -0.4 is 11.1 Å². The standard InChI is InChI=1S/C16H26N2O2/c1-4-16(3,10-11-19)18-15(20)12(2)14(17)13-8-6-5-7-9-13/h5-9,12,14,19H,4,10-11,17H2,1-3H3,(H,18,20). The lowest BCUT2D eigenvalue weighted by Crippen LogP contribution is -2.49. The molecule has 1 aromatic carbocycles. The molecule has 0 saturated carbocycles. The molecule has 0 radical (unpaired) electrons. The molecule has 0 aliphatic carbocycles. The number of benzene rings is 1. The monoisotopic (exact) mass is 278 g/mol. The Morgan fingerprint density at radius 1 is 1.40 bits per heavy atom. The first-order valence-corrected chi connectivity index (χ1v) is 7.17. The summed E-state index contributed by atoms with van der Waals surface area (Å²) in [6, 6.07) is 9.30. The van der Waals surface area contributed by atoms with Crippen LogP contribution in [-0.4, -0.2) is 23.2 Å². The summed E-state index contributed by atoms with van der Waals surface area (Å²) in [5.41, 5.74) is 6.74. The lowest BCUT2D eigenvalue weighted by Gasteiger charge is -2.31. The number of amides is 1. The van der Waals surface area contributed by atoms with Gasteiger partial charge in [-0.15, -0.1) is 0 Å². The number of carbonyl (C=O) groups is 1. The predicted octanol–water partition coefficient (Wildman–Crippen LogP) is 1.99. The van der Waals surface area contributed by atoms with E-state index in [1.807, 2.05) is 51.1 Å². The fraction of sp³-hybridized carbons (Fsp3) is 0.562. The molecule has 0 spiro atoms. The van der Waals surface area contributed by atoms with Gasteiger partial charge in [-0.3, -0.25) is 4.79 Å². The zero-order chi connectivity index (χ0) is 15.2. The van der Waals surface area contributed by atoms with E-state index >= 15 is 0 Å². The third-order valence-corrected chi connectivity index (χ3v) is 4.01. The first-order chi connectivity index (χ1) is 9.43. The maximum atomic E-state index is 12.3. The Labute approximate surface area is 121 Å². The lowest BCUT2D eigenvalue weighted by molar-refractivity contribution is -0.127. The molecule has 0 saturated heterocycles. The molecule has 4 N–H and O–H groups in total. The number of rotatable bonds is 7. The van der Waals surface area contributed by atoms with Gasteiger partial charge in [0.2, 0.25) is 5.91 Å². The summed E-state index contributed by atoms with van der Waals surface area (Å²) < 4.78 is 0. The van der Waals surface area contributed by atoms with Crippen molar-refractivity contribution >= 4 is 5.91 Å². The van der Waals surface area contributed by atoms with Gasteiger partial charge in [0.1, 0.15) is 0 Å². The highest BCUT2D eigenvalue weighted by atomic mass is 16.3. The van der Waals surface area contributed by atoms with Crippen LogP contribution >= 0.6 is 0 Å². The van der Waals surface area contributed by atoms with Crippen LogP contribution in [0.5, 0.6) is 0 Å². The van der Waals surface area contributed by atoms with Gasteiger partial charge in [-0.25, -0.2) is 0 Å². The Morgan fingerprint density at radius 3 is 2.50 bits per heavy atom. The number of carbonyl (C=O) groups excluding carboxylic acids is 1. The van der Waals surface area contributed by atoms with Gasteiger partial charge in [-0.1, -0.05) is 44.2 Å². The van der Waals surface area contributed by atoms with Crippen molar-refractivity contribution in [3.63, 3.8) is 0 Å². The fourth-order valence-electron chi connectivity index (χ4n) is 2.11. The van der Waals surface area contributed by atoms with E-state index in [1.54, 1.807) is 0 Å². The Bertz CT molecular complexity index is 422. The van der Waals surface area contributed by atoms with Crippen molar-refractivity contribution in [3.8, 4) is 0 Å². The smallest absolute Gasteiger partial charge is 0.225 e. The van der Waals surface area contributed by atoms with Crippen molar-refractivity contribution in [2.45, 2.75) is 45.2 Å². The number of nitrogens with one attached hydrogen (secondary N) is 1. The van der Waals surface area contributed by atoms with Crippen LogP contribution in [0.1, 0.15) is 45.2 Å². The molecule has 1 amide bonds. The highest BCUT2D eigenvalue weighted by molar-refractivity contribution is 5.80. The van der Waals surface area contributed by atoms with Crippen LogP contribution in [0.2, 0.25) is 0 Å². The molecular formula is C16H26N2O2. The molecule has 3 atom stereocenters. The van der Waals surface area contributed by atoms with E-state index in [9.17, 15) is 4.79 Å². The zero-order valence-corrected chi connectivity index (χ0v) is 12.6. The maximum Gasteiger partial charge on any atom is 0.225 e. The zero-order valence-electron chi connectivity index (χ0n) is 12.6. The summed E-state index contributed by atoms with van der Waals surface area (Å²) in [7, 11) is 0. The molecule has 1 aromatic rings. The number of hydrogen-bond donors (Lipinski definition) is 3. The van der Waals surface area contributed by atoms with Crippen LogP contribution in [0, 0.1) is 5.92 Å². The summed E-state index contributed by atoms with van der Waals surface area (Å²) in [5.74, 6) is -0.388. The molecule has 112 valence electrons. The van der Waals surface area contributed by atoms with Crippen LogP contribution in [0.4, 0.5) is 0 Å². The minimum Gasteiger partial charge on any atom is -0.396 e. The van der Waals surface area contributed by atoms with Crippen LogP contribution in [0.25, 0.3) is 0 Å². The largest absolute Gasteiger partial charge is 0.396 e. The molecule has 0 bridgehead atoms. The third kappa shape index (κ3) is 4.32. The summed E-state index contributed by atoms with van der Waals surface area (Å²) in [6.07, 6.45) is 1.31.